The second-order valence-corrected chi connectivity index (χ2v) is 7.09. The Morgan fingerprint density at radius 3 is 2.41 bits per heavy atom. The van der Waals surface area contributed by atoms with Gasteiger partial charge in [-0.25, -0.2) is 0 Å². The molecule has 3 saturated carbocycles. The van der Waals surface area contributed by atoms with E-state index in [1.54, 1.807) is 4.90 Å². The number of likely N-dealkylation sites (tertiary alicyclic amines) is 1. The van der Waals surface area contributed by atoms with Crippen molar-refractivity contribution in [3.8, 4) is 6.07 Å². The number of amides is 1. The fraction of sp³-hybridized carbons (Fsp3) is 0.812. The predicted octanol–water partition coefficient (Wildman–Crippen LogP) is 1.27. The number of fused-ring (bicyclic) bond motifs is 3. The van der Waals surface area contributed by atoms with Gasteiger partial charge >= 0.3 is 5.97 Å². The van der Waals surface area contributed by atoms with Gasteiger partial charge in [-0.3, -0.25) is 9.59 Å². The fourth-order valence-corrected chi connectivity index (χ4v) is 4.34. The largest absolute Gasteiger partial charge is 0.481 e. The molecule has 0 aromatic heterocycles. The van der Waals surface area contributed by atoms with E-state index in [0.29, 0.717) is 25.8 Å². The van der Waals surface area contributed by atoms with E-state index in [2.05, 4.69) is 11.4 Å². The Hall–Kier alpha value is -1.61. The molecule has 6 heteroatoms. The van der Waals surface area contributed by atoms with Crippen molar-refractivity contribution in [1.29, 1.82) is 5.26 Å². The van der Waals surface area contributed by atoms with Crippen LogP contribution in [0.3, 0.4) is 0 Å². The summed E-state index contributed by atoms with van der Waals surface area (Å²) in [5.41, 5.74) is -0.594. The van der Waals surface area contributed by atoms with Crippen molar-refractivity contribution in [2.24, 2.45) is 5.41 Å². The summed E-state index contributed by atoms with van der Waals surface area (Å²) in [6.45, 7) is 0.937. The van der Waals surface area contributed by atoms with E-state index in [4.69, 9.17) is 5.26 Å². The molecule has 0 spiro atoms. The third-order valence-corrected chi connectivity index (χ3v) is 6.04. The smallest absolute Gasteiger partial charge is 0.309 e. The van der Waals surface area contributed by atoms with Crippen LogP contribution in [0.5, 0.6) is 0 Å². The molecule has 0 radical (unpaired) electrons. The molecule has 4 aliphatic rings. The molecule has 3 aliphatic carbocycles. The van der Waals surface area contributed by atoms with Crippen LogP contribution in [-0.4, -0.2) is 46.6 Å². The number of nitrogens with one attached hydrogen (secondary N) is 1. The quantitative estimate of drug-likeness (QED) is 0.816. The van der Waals surface area contributed by atoms with Gasteiger partial charge in [0, 0.05) is 12.1 Å². The number of rotatable bonds is 4. The van der Waals surface area contributed by atoms with Gasteiger partial charge in [-0.05, 0) is 51.4 Å². The van der Waals surface area contributed by atoms with Crippen molar-refractivity contribution in [2.75, 3.05) is 13.1 Å². The first kappa shape index (κ1) is 15.3. The molecular weight excluding hydrogens is 282 g/mol. The molecule has 4 fully saturated rings. The van der Waals surface area contributed by atoms with Gasteiger partial charge in [-0.2, -0.15) is 5.26 Å². The lowest BCUT2D eigenvalue weighted by atomic mass is 9.57. The van der Waals surface area contributed by atoms with E-state index < -0.39 is 11.4 Å². The molecule has 1 aliphatic heterocycles. The molecule has 1 unspecified atom stereocenters. The van der Waals surface area contributed by atoms with Crippen LogP contribution >= 0.6 is 0 Å². The SMILES string of the molecule is N#CC1CCCN1C(=O)CNC12CCC(C(=O)O)(CC1)CC2. The third kappa shape index (κ3) is 2.48. The second kappa shape index (κ2) is 5.54. The Kier molecular flexibility index (Phi) is 3.85. The Bertz CT molecular complexity index is 501. The second-order valence-electron chi connectivity index (χ2n) is 7.09. The molecular formula is C16H23N3O3. The minimum absolute atomic E-state index is 0.000861. The predicted molar refractivity (Wildman–Crippen MR) is 78.9 cm³/mol. The highest BCUT2D eigenvalue weighted by molar-refractivity contribution is 5.79. The summed E-state index contributed by atoms with van der Waals surface area (Å²) < 4.78 is 0. The Morgan fingerprint density at radius 1 is 1.23 bits per heavy atom. The first-order valence-electron chi connectivity index (χ1n) is 8.18. The molecule has 1 amide bonds. The summed E-state index contributed by atoms with van der Waals surface area (Å²) in [5.74, 6) is -0.662. The van der Waals surface area contributed by atoms with Gasteiger partial charge in [0.15, 0.2) is 0 Å². The first-order valence-corrected chi connectivity index (χ1v) is 8.18. The van der Waals surface area contributed by atoms with Gasteiger partial charge < -0.3 is 15.3 Å². The Balaban J connectivity index is 1.56. The van der Waals surface area contributed by atoms with Crippen molar-refractivity contribution >= 4 is 11.9 Å². The molecule has 2 N–H and O–H groups in total. The van der Waals surface area contributed by atoms with Crippen LogP contribution < -0.4 is 5.32 Å². The number of aliphatic carboxylic acids is 1. The number of nitriles is 1. The van der Waals surface area contributed by atoms with E-state index in [0.717, 1.165) is 32.1 Å². The van der Waals surface area contributed by atoms with Crippen molar-refractivity contribution in [1.82, 2.24) is 10.2 Å². The molecule has 0 aromatic carbocycles. The van der Waals surface area contributed by atoms with E-state index in [1.165, 1.54) is 0 Å². The van der Waals surface area contributed by atoms with Crippen molar-refractivity contribution in [3.05, 3.63) is 0 Å². The van der Waals surface area contributed by atoms with E-state index in [-0.39, 0.29) is 24.0 Å². The lowest BCUT2D eigenvalue weighted by Crippen LogP contribution is -2.58. The molecule has 0 aromatic rings. The third-order valence-electron chi connectivity index (χ3n) is 6.04. The van der Waals surface area contributed by atoms with Gasteiger partial charge in [0.05, 0.1) is 18.0 Å². The summed E-state index contributed by atoms with van der Waals surface area (Å²) in [6, 6.07) is 1.92. The first-order chi connectivity index (χ1) is 10.5. The van der Waals surface area contributed by atoms with Crippen LogP contribution in [0.2, 0.25) is 0 Å². The molecule has 6 nitrogen and oxygen atoms in total. The summed E-state index contributed by atoms with van der Waals surface area (Å²) in [4.78, 5) is 25.4. The van der Waals surface area contributed by atoms with Gasteiger partial charge in [0.2, 0.25) is 5.91 Å². The monoisotopic (exact) mass is 305 g/mol. The van der Waals surface area contributed by atoms with E-state index in [9.17, 15) is 14.7 Å². The maximum atomic E-state index is 12.3. The zero-order valence-electron chi connectivity index (χ0n) is 12.8. The van der Waals surface area contributed by atoms with E-state index in [1.807, 2.05) is 0 Å². The number of carbonyl (C=O) groups excluding carboxylic acids is 1. The minimum Gasteiger partial charge on any atom is -0.481 e. The number of carboxylic acids is 1. The lowest BCUT2D eigenvalue weighted by Gasteiger charge is -2.51. The summed E-state index contributed by atoms with van der Waals surface area (Å²) in [7, 11) is 0. The number of carboxylic acid groups (broad SMARTS) is 1. The van der Waals surface area contributed by atoms with Crippen LogP contribution in [0.1, 0.15) is 51.4 Å². The standard InChI is InChI=1S/C16H23N3O3/c17-10-12-2-1-9-19(12)13(20)11-18-16-6-3-15(4-7-16,5-8-16)14(21)22/h12,18H,1-9,11H2,(H,21,22). The number of carbonyl (C=O) groups is 2. The highest BCUT2D eigenvalue weighted by Crippen LogP contribution is 2.52. The summed E-state index contributed by atoms with van der Waals surface area (Å²) in [5, 5.41) is 21.9. The average molecular weight is 305 g/mol. The van der Waals surface area contributed by atoms with Gasteiger partial charge in [0.1, 0.15) is 6.04 Å². The number of nitrogens with zero attached hydrogens (tertiary/aromatic N) is 2. The van der Waals surface area contributed by atoms with Gasteiger partial charge in [0.25, 0.3) is 0 Å². The van der Waals surface area contributed by atoms with Crippen LogP contribution in [0.25, 0.3) is 0 Å². The molecule has 1 saturated heterocycles. The topological polar surface area (TPSA) is 93.4 Å². The molecule has 1 atom stereocenters. The molecule has 22 heavy (non-hydrogen) atoms. The summed E-state index contributed by atoms with van der Waals surface area (Å²) in [6.07, 6.45) is 6.26. The van der Waals surface area contributed by atoms with E-state index >= 15 is 0 Å². The average Bonchev–Trinajstić information content (AvgIpc) is 3.03. The molecule has 120 valence electrons. The lowest BCUT2D eigenvalue weighted by molar-refractivity contribution is -0.157. The highest BCUT2D eigenvalue weighted by Gasteiger charge is 2.52. The van der Waals surface area contributed by atoms with Crippen molar-refractivity contribution < 1.29 is 14.7 Å². The summed E-state index contributed by atoms with van der Waals surface area (Å²) >= 11 is 0. The van der Waals surface area contributed by atoms with Crippen LogP contribution in [0.15, 0.2) is 0 Å². The molecule has 2 bridgehead atoms. The van der Waals surface area contributed by atoms with Crippen LogP contribution in [-0.2, 0) is 9.59 Å². The number of hydrogen-bond donors (Lipinski definition) is 2. The zero-order chi connectivity index (χ0) is 15.8. The van der Waals surface area contributed by atoms with Crippen molar-refractivity contribution in [2.45, 2.75) is 62.9 Å². The maximum Gasteiger partial charge on any atom is 0.309 e. The molecule has 4 rings (SSSR count). The maximum absolute atomic E-state index is 12.3. The number of hydrogen-bond acceptors (Lipinski definition) is 4. The normalized spacial score (nSPS) is 37.0. The van der Waals surface area contributed by atoms with Crippen LogP contribution in [0.4, 0.5) is 0 Å². The Morgan fingerprint density at radius 2 is 1.86 bits per heavy atom. The fourth-order valence-electron chi connectivity index (χ4n) is 4.34. The minimum atomic E-state index is -0.661. The van der Waals surface area contributed by atoms with Crippen molar-refractivity contribution in [3.63, 3.8) is 0 Å². The zero-order valence-corrected chi connectivity index (χ0v) is 12.8. The van der Waals surface area contributed by atoms with Crippen LogP contribution in [0, 0.1) is 16.7 Å². The van der Waals surface area contributed by atoms with Gasteiger partial charge in [-0.15, -0.1) is 0 Å². The van der Waals surface area contributed by atoms with Gasteiger partial charge in [-0.1, -0.05) is 0 Å². The highest BCUT2D eigenvalue weighted by atomic mass is 16.4. The molecule has 1 heterocycles. The Labute approximate surface area is 130 Å².